The second kappa shape index (κ2) is 4.53. The Labute approximate surface area is 104 Å². The molecule has 2 aromatic rings. The van der Waals surface area contributed by atoms with Gasteiger partial charge in [0, 0.05) is 5.39 Å². The summed E-state index contributed by atoms with van der Waals surface area (Å²) in [6, 6.07) is 6.12. The van der Waals surface area contributed by atoms with E-state index in [1.54, 1.807) is 18.2 Å². The van der Waals surface area contributed by atoms with Crippen LogP contribution in [0.5, 0.6) is 0 Å². The van der Waals surface area contributed by atoms with Gasteiger partial charge >= 0.3 is 0 Å². The molecule has 0 amide bonds. The van der Waals surface area contributed by atoms with E-state index in [2.05, 4.69) is 5.32 Å². The lowest BCUT2D eigenvalue weighted by molar-refractivity contribution is 0.0901. The molecule has 1 N–H and O–H groups in total. The van der Waals surface area contributed by atoms with Crippen LogP contribution in [-0.4, -0.2) is 18.4 Å². The lowest BCUT2D eigenvalue weighted by atomic mass is 10.00. The number of hydrogen-bond donors (Lipinski definition) is 1. The predicted molar refractivity (Wildman–Crippen MR) is 66.1 cm³/mol. The van der Waals surface area contributed by atoms with E-state index in [0.29, 0.717) is 5.39 Å². The van der Waals surface area contributed by atoms with E-state index in [1.807, 2.05) is 0 Å². The van der Waals surface area contributed by atoms with Crippen molar-refractivity contribution in [2.45, 2.75) is 25.3 Å². The maximum absolute atomic E-state index is 13.5. The molecule has 3 nitrogen and oxygen atoms in total. The van der Waals surface area contributed by atoms with Gasteiger partial charge in [-0.1, -0.05) is 18.6 Å². The van der Waals surface area contributed by atoms with Crippen molar-refractivity contribution in [2.75, 3.05) is 6.54 Å². The fraction of sp³-hybridized carbons (Fsp3) is 0.357. The number of hydrogen-bond acceptors (Lipinski definition) is 3. The first-order valence-electron chi connectivity index (χ1n) is 6.21. The van der Waals surface area contributed by atoms with Gasteiger partial charge in [-0.05, 0) is 31.5 Å². The average Bonchev–Trinajstić information content (AvgIpc) is 2.84. The molecule has 2 heterocycles. The molecule has 0 radical (unpaired) electrons. The van der Waals surface area contributed by atoms with Gasteiger partial charge in [-0.2, -0.15) is 0 Å². The normalized spacial score (nSPS) is 20.2. The van der Waals surface area contributed by atoms with Gasteiger partial charge in [0.15, 0.2) is 17.2 Å². The number of halogens is 1. The van der Waals surface area contributed by atoms with Crippen molar-refractivity contribution >= 4 is 16.8 Å². The Balaban J connectivity index is 1.94. The van der Waals surface area contributed by atoms with Crippen molar-refractivity contribution in [3.05, 3.63) is 35.8 Å². The van der Waals surface area contributed by atoms with Gasteiger partial charge in [-0.25, -0.2) is 4.39 Å². The number of benzene rings is 1. The van der Waals surface area contributed by atoms with Gasteiger partial charge in [0.25, 0.3) is 0 Å². The zero-order valence-electron chi connectivity index (χ0n) is 9.91. The van der Waals surface area contributed by atoms with Crippen LogP contribution >= 0.6 is 0 Å². The average molecular weight is 247 g/mol. The third-order valence-electron chi connectivity index (χ3n) is 3.37. The number of para-hydroxylation sites is 1. The summed E-state index contributed by atoms with van der Waals surface area (Å²) >= 11 is 0. The number of ketones is 1. The predicted octanol–water partition coefficient (Wildman–Crippen LogP) is 2.90. The molecular formula is C14H14FNO2. The summed E-state index contributed by atoms with van der Waals surface area (Å²) in [7, 11) is 0. The molecule has 0 spiro atoms. The standard InChI is InChI=1S/C14H14FNO2/c15-10-5-3-4-9-8-12(18-14(9)10)13(17)11-6-1-2-7-16-11/h3-5,8,11,16H,1-2,6-7H2. The van der Waals surface area contributed by atoms with Gasteiger partial charge < -0.3 is 9.73 Å². The first-order chi connectivity index (χ1) is 8.75. The summed E-state index contributed by atoms with van der Waals surface area (Å²) in [5.74, 6) is -0.261. The largest absolute Gasteiger partial charge is 0.450 e. The van der Waals surface area contributed by atoms with Crippen molar-refractivity contribution in [2.24, 2.45) is 0 Å². The van der Waals surface area contributed by atoms with Crippen LogP contribution in [0.4, 0.5) is 4.39 Å². The molecule has 1 fully saturated rings. The quantitative estimate of drug-likeness (QED) is 0.830. The lowest BCUT2D eigenvalue weighted by Gasteiger charge is -2.20. The van der Waals surface area contributed by atoms with Gasteiger partial charge in [0.2, 0.25) is 5.78 Å². The molecule has 0 aliphatic carbocycles. The topological polar surface area (TPSA) is 42.2 Å². The van der Waals surface area contributed by atoms with Gasteiger partial charge in [0.1, 0.15) is 0 Å². The van der Waals surface area contributed by atoms with Crippen LogP contribution in [-0.2, 0) is 0 Å². The van der Waals surface area contributed by atoms with Gasteiger partial charge in [-0.15, -0.1) is 0 Å². The minimum atomic E-state index is -0.428. The van der Waals surface area contributed by atoms with Crippen LogP contribution in [0.2, 0.25) is 0 Å². The number of carbonyl (C=O) groups is 1. The number of nitrogens with one attached hydrogen (secondary N) is 1. The maximum Gasteiger partial charge on any atom is 0.214 e. The van der Waals surface area contributed by atoms with Gasteiger partial charge in [-0.3, -0.25) is 4.79 Å². The van der Waals surface area contributed by atoms with Crippen LogP contribution < -0.4 is 5.32 Å². The Kier molecular flexibility index (Phi) is 2.88. The Morgan fingerprint density at radius 1 is 1.39 bits per heavy atom. The van der Waals surface area contributed by atoms with E-state index in [9.17, 15) is 9.18 Å². The van der Waals surface area contributed by atoms with Crippen molar-refractivity contribution in [1.82, 2.24) is 5.32 Å². The fourth-order valence-electron chi connectivity index (χ4n) is 2.40. The second-order valence-corrected chi connectivity index (χ2v) is 4.64. The molecule has 1 atom stereocenters. The first-order valence-corrected chi connectivity index (χ1v) is 6.21. The van der Waals surface area contributed by atoms with Crippen LogP contribution in [0.3, 0.4) is 0 Å². The smallest absolute Gasteiger partial charge is 0.214 e. The number of Topliss-reactive ketones (excluding diaryl/α,β-unsaturated/α-hetero) is 1. The monoisotopic (exact) mass is 247 g/mol. The minimum absolute atomic E-state index is 0.0784. The molecule has 0 saturated carbocycles. The van der Waals surface area contributed by atoms with Crippen LogP contribution in [0, 0.1) is 5.82 Å². The molecule has 1 saturated heterocycles. The van der Waals surface area contributed by atoms with Crippen LogP contribution in [0.1, 0.15) is 29.8 Å². The summed E-state index contributed by atoms with van der Waals surface area (Å²) in [6.45, 7) is 0.852. The summed E-state index contributed by atoms with van der Waals surface area (Å²) in [6.07, 6.45) is 2.95. The van der Waals surface area contributed by atoms with Crippen molar-refractivity contribution < 1.29 is 13.6 Å². The molecule has 1 aliphatic heterocycles. The highest BCUT2D eigenvalue weighted by atomic mass is 19.1. The lowest BCUT2D eigenvalue weighted by Crippen LogP contribution is -2.40. The van der Waals surface area contributed by atoms with Crippen molar-refractivity contribution in [1.29, 1.82) is 0 Å². The fourth-order valence-corrected chi connectivity index (χ4v) is 2.40. The van der Waals surface area contributed by atoms with Crippen LogP contribution in [0.15, 0.2) is 28.7 Å². The molecule has 18 heavy (non-hydrogen) atoms. The first kappa shape index (κ1) is 11.4. The highest BCUT2D eigenvalue weighted by Crippen LogP contribution is 2.24. The van der Waals surface area contributed by atoms with E-state index in [1.165, 1.54) is 6.07 Å². The number of carbonyl (C=O) groups excluding carboxylic acids is 1. The summed E-state index contributed by atoms with van der Waals surface area (Å²) in [4.78, 5) is 12.2. The Bertz CT molecular complexity index is 584. The van der Waals surface area contributed by atoms with Crippen LogP contribution in [0.25, 0.3) is 11.0 Å². The number of fused-ring (bicyclic) bond motifs is 1. The highest BCUT2D eigenvalue weighted by molar-refractivity contribution is 6.01. The molecule has 3 rings (SSSR count). The zero-order chi connectivity index (χ0) is 12.5. The molecular weight excluding hydrogens is 233 g/mol. The van der Waals surface area contributed by atoms with Gasteiger partial charge in [0.05, 0.1) is 6.04 Å². The van der Waals surface area contributed by atoms with E-state index in [0.717, 1.165) is 25.8 Å². The third-order valence-corrected chi connectivity index (χ3v) is 3.37. The molecule has 1 unspecified atom stereocenters. The number of furan rings is 1. The highest BCUT2D eigenvalue weighted by Gasteiger charge is 2.25. The zero-order valence-corrected chi connectivity index (χ0v) is 9.91. The van der Waals surface area contributed by atoms with E-state index < -0.39 is 5.82 Å². The Hall–Kier alpha value is -1.68. The summed E-state index contributed by atoms with van der Waals surface area (Å²) in [5, 5.41) is 3.81. The molecule has 1 aromatic heterocycles. The number of piperidine rings is 1. The third kappa shape index (κ3) is 1.93. The number of rotatable bonds is 2. The molecule has 0 bridgehead atoms. The Morgan fingerprint density at radius 3 is 3.00 bits per heavy atom. The molecule has 1 aromatic carbocycles. The minimum Gasteiger partial charge on any atom is -0.450 e. The maximum atomic E-state index is 13.5. The Morgan fingerprint density at radius 2 is 2.28 bits per heavy atom. The molecule has 4 heteroatoms. The summed E-state index contributed by atoms with van der Waals surface area (Å²) in [5.41, 5.74) is 0.164. The van der Waals surface area contributed by atoms with E-state index in [-0.39, 0.29) is 23.2 Å². The van der Waals surface area contributed by atoms with Crippen molar-refractivity contribution in [3.63, 3.8) is 0 Å². The van der Waals surface area contributed by atoms with E-state index >= 15 is 0 Å². The SMILES string of the molecule is O=C(c1cc2cccc(F)c2o1)C1CCCCN1. The summed E-state index contributed by atoms with van der Waals surface area (Å²) < 4.78 is 18.8. The van der Waals surface area contributed by atoms with Crippen molar-refractivity contribution in [3.8, 4) is 0 Å². The molecule has 1 aliphatic rings. The second-order valence-electron chi connectivity index (χ2n) is 4.64. The molecule has 94 valence electrons. The van der Waals surface area contributed by atoms with E-state index in [4.69, 9.17) is 4.42 Å².